The van der Waals surface area contributed by atoms with Gasteiger partial charge in [-0.3, -0.25) is 14.4 Å². The van der Waals surface area contributed by atoms with Crippen molar-refractivity contribution >= 4 is 34.8 Å². The second-order valence-electron chi connectivity index (χ2n) is 13.4. The number of para-hydroxylation sites is 1. The molecule has 1 unspecified atom stereocenters. The minimum Gasteiger partial charge on any atom is -0.481 e. The molecule has 0 spiro atoms. The summed E-state index contributed by atoms with van der Waals surface area (Å²) in [6.45, 7) is 1.74. The molecule has 10 heteroatoms. The van der Waals surface area contributed by atoms with E-state index in [1.807, 2.05) is 60.8 Å². The van der Waals surface area contributed by atoms with Crippen molar-refractivity contribution in [2.24, 2.45) is 23.7 Å². The molecule has 0 saturated heterocycles. The number of aromatic amines is 1. The number of nitrogens with one attached hydrogen (secondary N) is 4. The lowest BCUT2D eigenvalue weighted by Crippen LogP contribution is -2.60. The Hall–Kier alpha value is -4.34. The lowest BCUT2D eigenvalue weighted by atomic mass is 9.55. The molecule has 7 rings (SSSR count). The number of amides is 3. The number of hydrogen-bond acceptors (Lipinski definition) is 5. The summed E-state index contributed by atoms with van der Waals surface area (Å²) in [6, 6.07) is 16.4. The summed E-state index contributed by atoms with van der Waals surface area (Å²) in [5.41, 5.74) is 1.19. The molecule has 3 amide bonds. The van der Waals surface area contributed by atoms with Crippen molar-refractivity contribution < 1.29 is 29.0 Å². The van der Waals surface area contributed by atoms with E-state index >= 15 is 0 Å². The summed E-state index contributed by atoms with van der Waals surface area (Å²) in [5.74, 6) is 0.351. The van der Waals surface area contributed by atoms with Crippen LogP contribution in [0.1, 0.15) is 69.0 Å². The molecule has 0 radical (unpaired) electrons. The van der Waals surface area contributed by atoms with Crippen LogP contribution in [0, 0.1) is 23.7 Å². The molecule has 4 fully saturated rings. The quantitative estimate of drug-likeness (QED) is 0.197. The van der Waals surface area contributed by atoms with Gasteiger partial charge in [0.15, 0.2) is 0 Å². The Bertz CT molecular complexity index is 1530. The van der Waals surface area contributed by atoms with Crippen LogP contribution < -0.4 is 16.0 Å². The van der Waals surface area contributed by atoms with Gasteiger partial charge in [-0.05, 0) is 79.9 Å². The van der Waals surface area contributed by atoms with Gasteiger partial charge in [-0.15, -0.1) is 0 Å². The van der Waals surface area contributed by atoms with Gasteiger partial charge in [0.2, 0.25) is 11.8 Å². The first-order chi connectivity index (χ1) is 21.7. The van der Waals surface area contributed by atoms with Crippen LogP contribution in [0.4, 0.5) is 4.79 Å². The summed E-state index contributed by atoms with van der Waals surface area (Å²) in [7, 11) is 0. The average Bonchev–Trinajstić information content (AvgIpc) is 3.42. The number of alkyl carbamates (subject to hydrolysis) is 1. The normalized spacial score (nSPS) is 25.2. The van der Waals surface area contributed by atoms with Gasteiger partial charge < -0.3 is 30.8 Å². The van der Waals surface area contributed by atoms with Crippen LogP contribution in [0.3, 0.4) is 0 Å². The zero-order valence-electron chi connectivity index (χ0n) is 25.6. The molecule has 0 aliphatic heterocycles. The maximum Gasteiger partial charge on any atom is 0.408 e. The largest absolute Gasteiger partial charge is 0.481 e. The highest BCUT2D eigenvalue weighted by molar-refractivity contribution is 5.91. The van der Waals surface area contributed by atoms with Gasteiger partial charge in [0.1, 0.15) is 11.6 Å². The predicted molar refractivity (Wildman–Crippen MR) is 168 cm³/mol. The summed E-state index contributed by atoms with van der Waals surface area (Å²) >= 11 is 0. The SMILES string of the molecule is C[C@](Cc1c[nH]c2ccccc12)(NC(=O)OC1C2CC3CC(C2)CC1C3)C(=O)NCC(NC(=O)CCC(=O)O)c1ccccc1. The Morgan fingerprint density at radius 2 is 1.60 bits per heavy atom. The number of hydrogen-bond donors (Lipinski definition) is 5. The third kappa shape index (κ3) is 7.00. The number of aliphatic carboxylic acids is 1. The molecular weight excluding hydrogens is 572 g/mol. The van der Waals surface area contributed by atoms with Crippen LogP contribution >= 0.6 is 0 Å². The van der Waals surface area contributed by atoms with Gasteiger partial charge in [-0.2, -0.15) is 0 Å². The Balaban J connectivity index is 1.19. The molecule has 4 aliphatic rings. The van der Waals surface area contributed by atoms with Crippen molar-refractivity contribution in [2.45, 2.75) is 76.0 Å². The van der Waals surface area contributed by atoms with Crippen LogP contribution in [-0.2, 0) is 25.5 Å². The summed E-state index contributed by atoms with van der Waals surface area (Å²) in [6.07, 6.45) is 6.62. The van der Waals surface area contributed by atoms with Crippen LogP contribution in [-0.4, -0.2) is 52.2 Å². The van der Waals surface area contributed by atoms with Crippen molar-refractivity contribution in [2.75, 3.05) is 6.54 Å². The highest BCUT2D eigenvalue weighted by Crippen LogP contribution is 2.54. The van der Waals surface area contributed by atoms with Crippen molar-refractivity contribution in [3.8, 4) is 0 Å². The van der Waals surface area contributed by atoms with Crippen molar-refractivity contribution in [1.82, 2.24) is 20.9 Å². The van der Waals surface area contributed by atoms with Crippen LogP contribution in [0.2, 0.25) is 0 Å². The average molecular weight is 615 g/mol. The first-order valence-electron chi connectivity index (χ1n) is 16.0. The zero-order chi connectivity index (χ0) is 31.6. The number of carbonyl (C=O) groups is 4. The monoisotopic (exact) mass is 614 g/mol. The van der Waals surface area contributed by atoms with Gasteiger partial charge in [0, 0.05) is 36.5 Å². The number of carbonyl (C=O) groups excluding carboxylic acids is 3. The molecule has 4 aliphatic carbocycles. The third-order valence-electron chi connectivity index (χ3n) is 10.1. The second-order valence-corrected chi connectivity index (χ2v) is 13.4. The molecule has 2 atom stereocenters. The fourth-order valence-corrected chi connectivity index (χ4v) is 8.10. The number of carboxylic acids is 1. The molecule has 1 aromatic heterocycles. The van der Waals surface area contributed by atoms with Crippen LogP contribution in [0.25, 0.3) is 10.9 Å². The Morgan fingerprint density at radius 1 is 0.933 bits per heavy atom. The van der Waals surface area contributed by atoms with Crippen molar-refractivity contribution in [3.63, 3.8) is 0 Å². The fourth-order valence-electron chi connectivity index (χ4n) is 8.10. The van der Waals surface area contributed by atoms with Gasteiger partial charge in [-0.1, -0.05) is 48.5 Å². The number of fused-ring (bicyclic) bond motifs is 1. The molecule has 4 saturated carbocycles. The highest BCUT2D eigenvalue weighted by Gasteiger charge is 2.50. The lowest BCUT2D eigenvalue weighted by molar-refractivity contribution is -0.138. The number of ether oxygens (including phenoxy) is 1. The van der Waals surface area contributed by atoms with E-state index in [1.54, 1.807) is 6.92 Å². The van der Waals surface area contributed by atoms with Gasteiger partial charge in [-0.25, -0.2) is 4.79 Å². The lowest BCUT2D eigenvalue weighted by Gasteiger charge is -2.53. The maximum absolute atomic E-state index is 14.1. The number of H-pyrrole nitrogens is 1. The fraction of sp³-hybridized carbons (Fsp3) is 0.486. The van der Waals surface area contributed by atoms with Gasteiger partial charge >= 0.3 is 12.1 Å². The van der Waals surface area contributed by atoms with E-state index < -0.39 is 35.5 Å². The minimum atomic E-state index is -1.37. The van der Waals surface area contributed by atoms with Crippen LogP contribution in [0.5, 0.6) is 0 Å². The molecular formula is C35H42N4O6. The topological polar surface area (TPSA) is 150 Å². The smallest absolute Gasteiger partial charge is 0.408 e. The maximum atomic E-state index is 14.1. The second kappa shape index (κ2) is 12.9. The number of benzene rings is 2. The van der Waals surface area contributed by atoms with Gasteiger partial charge in [0.25, 0.3) is 0 Å². The van der Waals surface area contributed by atoms with E-state index in [0.29, 0.717) is 11.8 Å². The molecule has 2 aromatic carbocycles. The van der Waals surface area contributed by atoms with E-state index in [0.717, 1.165) is 59.5 Å². The number of carboxylic acid groups (broad SMARTS) is 1. The summed E-state index contributed by atoms with van der Waals surface area (Å²) in [4.78, 5) is 54.4. The molecule has 10 nitrogen and oxygen atoms in total. The molecule has 45 heavy (non-hydrogen) atoms. The highest BCUT2D eigenvalue weighted by atomic mass is 16.6. The Kier molecular flexibility index (Phi) is 8.83. The molecule has 238 valence electrons. The number of aromatic nitrogens is 1. The van der Waals surface area contributed by atoms with Gasteiger partial charge in [0.05, 0.1) is 12.5 Å². The zero-order valence-corrected chi connectivity index (χ0v) is 25.6. The van der Waals surface area contributed by atoms with Crippen LogP contribution in [0.15, 0.2) is 60.8 Å². The molecule has 5 N–H and O–H groups in total. The standard InChI is InChI=1S/C35H42N4O6/c1-35(18-26-19-36-28-10-6-5-9-27(26)28,39-34(44)45-32-24-14-21-13-22(16-24)17-25(32)15-21)33(43)37-20-29(23-7-3-2-4-8-23)38-30(40)11-12-31(41)42/h2-10,19,21-22,24-25,29,32,36H,11-18,20H2,1H3,(H,37,43)(H,38,40)(H,39,44)(H,41,42)/t21?,22?,24?,25?,29?,32?,35-/m1/s1. The number of rotatable bonds is 12. The van der Waals surface area contributed by atoms with E-state index in [4.69, 9.17) is 9.84 Å². The minimum absolute atomic E-state index is 0.0391. The Labute approximate surface area is 262 Å². The third-order valence-corrected chi connectivity index (χ3v) is 10.1. The van der Waals surface area contributed by atoms with E-state index in [-0.39, 0.29) is 31.9 Å². The summed E-state index contributed by atoms with van der Waals surface area (Å²) in [5, 5.41) is 18.7. The Morgan fingerprint density at radius 3 is 2.29 bits per heavy atom. The van der Waals surface area contributed by atoms with Crippen molar-refractivity contribution in [1.29, 1.82) is 0 Å². The molecule has 4 bridgehead atoms. The van der Waals surface area contributed by atoms with E-state index in [1.165, 1.54) is 6.42 Å². The molecule has 3 aromatic rings. The molecule has 1 heterocycles. The van der Waals surface area contributed by atoms with E-state index in [9.17, 15) is 19.2 Å². The summed E-state index contributed by atoms with van der Waals surface area (Å²) < 4.78 is 6.13. The van der Waals surface area contributed by atoms with Crippen molar-refractivity contribution in [3.05, 3.63) is 71.9 Å². The first-order valence-corrected chi connectivity index (χ1v) is 16.0. The predicted octanol–water partition coefficient (Wildman–Crippen LogP) is 4.86. The van der Waals surface area contributed by atoms with E-state index in [2.05, 4.69) is 20.9 Å². The first kappa shape index (κ1) is 30.7.